The van der Waals surface area contributed by atoms with Crippen molar-refractivity contribution in [3.63, 3.8) is 0 Å². The van der Waals surface area contributed by atoms with E-state index in [4.69, 9.17) is 7.85 Å². The van der Waals surface area contributed by atoms with Crippen LogP contribution < -0.4 is 0 Å². The minimum absolute atomic E-state index is 0.742. The quantitative estimate of drug-likeness (QED) is 0.424. The molecule has 0 saturated heterocycles. The predicted octanol–water partition coefficient (Wildman–Crippen LogP) is 3.22. The Morgan fingerprint density at radius 3 is 2.36 bits per heavy atom. The van der Waals surface area contributed by atoms with E-state index in [9.17, 15) is 0 Å². The van der Waals surface area contributed by atoms with Gasteiger partial charge in [-0.15, -0.1) is 8.58 Å². The molecule has 0 aromatic heterocycles. The second kappa shape index (κ2) is 7.16. The third kappa shape index (κ3) is 5.73. The standard InChI is InChI=1S/C9H20BP/c1-4-6-9(5-2)11-8(3)7-10/h8-9,11H,4-7H2,1-3H3. The first-order chi connectivity index (χ1) is 5.24. The highest BCUT2D eigenvalue weighted by Gasteiger charge is 2.07. The Balaban J connectivity index is 3.49. The van der Waals surface area contributed by atoms with E-state index in [-0.39, 0.29) is 0 Å². The smallest absolute Gasteiger partial charge is 0.0661 e. The molecule has 0 nitrogen and oxygen atoms in total. The van der Waals surface area contributed by atoms with Crippen molar-refractivity contribution in [3.8, 4) is 0 Å². The van der Waals surface area contributed by atoms with E-state index in [1.165, 1.54) is 19.3 Å². The van der Waals surface area contributed by atoms with Crippen molar-refractivity contribution in [3.05, 3.63) is 0 Å². The summed E-state index contributed by atoms with van der Waals surface area (Å²) in [4.78, 5) is 0. The molecule has 0 aliphatic rings. The molecule has 2 heteroatoms. The summed E-state index contributed by atoms with van der Waals surface area (Å²) >= 11 is 0. The lowest BCUT2D eigenvalue weighted by molar-refractivity contribution is 0.711. The molecule has 2 radical (unpaired) electrons. The zero-order valence-corrected chi connectivity index (χ0v) is 9.06. The second-order valence-electron chi connectivity index (χ2n) is 3.20. The van der Waals surface area contributed by atoms with Crippen LogP contribution in [0.3, 0.4) is 0 Å². The van der Waals surface area contributed by atoms with Crippen LogP contribution in [0.4, 0.5) is 0 Å². The normalized spacial score (nSPS) is 17.4. The van der Waals surface area contributed by atoms with Gasteiger partial charge in [0.15, 0.2) is 0 Å². The Kier molecular flexibility index (Phi) is 7.48. The molecule has 0 aromatic carbocycles. The zero-order valence-electron chi connectivity index (χ0n) is 8.06. The monoisotopic (exact) mass is 170 g/mol. The fourth-order valence-electron chi connectivity index (χ4n) is 1.22. The predicted molar refractivity (Wildman–Crippen MR) is 57.3 cm³/mol. The van der Waals surface area contributed by atoms with Crippen molar-refractivity contribution in [2.45, 2.75) is 57.7 Å². The highest BCUT2D eigenvalue weighted by atomic mass is 31.1. The molecule has 64 valence electrons. The fraction of sp³-hybridized carbons (Fsp3) is 1.00. The lowest BCUT2D eigenvalue weighted by Gasteiger charge is -2.18. The molecule has 0 aliphatic heterocycles. The summed E-state index contributed by atoms with van der Waals surface area (Å²) in [6.45, 7) is 6.81. The molecule has 0 heterocycles. The van der Waals surface area contributed by atoms with Crippen LogP contribution in [-0.2, 0) is 0 Å². The average Bonchev–Trinajstić information content (AvgIpc) is 2.03. The van der Waals surface area contributed by atoms with E-state index >= 15 is 0 Å². The molecular weight excluding hydrogens is 150 g/mol. The second-order valence-corrected chi connectivity index (χ2v) is 5.33. The summed E-state index contributed by atoms with van der Waals surface area (Å²) in [5, 5.41) is 0. The maximum absolute atomic E-state index is 5.58. The highest BCUT2D eigenvalue weighted by Crippen LogP contribution is 2.32. The maximum Gasteiger partial charge on any atom is 0.0661 e. The zero-order chi connectivity index (χ0) is 8.69. The topological polar surface area (TPSA) is 0 Å². The van der Waals surface area contributed by atoms with Gasteiger partial charge in [0.25, 0.3) is 0 Å². The van der Waals surface area contributed by atoms with Gasteiger partial charge in [-0.05, 0) is 24.2 Å². The minimum atomic E-state index is 0.742. The van der Waals surface area contributed by atoms with E-state index in [1.54, 1.807) is 0 Å². The number of rotatable bonds is 6. The van der Waals surface area contributed by atoms with Crippen LogP contribution in [-0.4, -0.2) is 19.2 Å². The van der Waals surface area contributed by atoms with Crippen LogP contribution in [0, 0.1) is 0 Å². The van der Waals surface area contributed by atoms with Gasteiger partial charge >= 0.3 is 0 Å². The molecule has 0 aliphatic carbocycles. The summed E-state index contributed by atoms with van der Waals surface area (Å²) < 4.78 is 0. The van der Waals surface area contributed by atoms with Crippen molar-refractivity contribution >= 4 is 16.4 Å². The summed E-state index contributed by atoms with van der Waals surface area (Å²) in [5.74, 6) is 0. The highest BCUT2D eigenvalue weighted by molar-refractivity contribution is 7.39. The summed E-state index contributed by atoms with van der Waals surface area (Å²) in [6.07, 6.45) is 4.90. The third-order valence-electron chi connectivity index (χ3n) is 2.00. The molecule has 3 unspecified atom stereocenters. The molecule has 0 saturated carbocycles. The van der Waals surface area contributed by atoms with E-state index in [1.807, 2.05) is 0 Å². The van der Waals surface area contributed by atoms with Gasteiger partial charge in [0, 0.05) is 0 Å². The molecule has 0 spiro atoms. The Bertz CT molecular complexity index is 85.6. The first kappa shape index (κ1) is 11.5. The van der Waals surface area contributed by atoms with Gasteiger partial charge in [0.1, 0.15) is 0 Å². The largest absolute Gasteiger partial charge is 0.117 e. The van der Waals surface area contributed by atoms with Crippen molar-refractivity contribution in [1.29, 1.82) is 0 Å². The van der Waals surface area contributed by atoms with Gasteiger partial charge in [0.05, 0.1) is 7.85 Å². The Hall–Kier alpha value is 0.495. The van der Waals surface area contributed by atoms with Crippen LogP contribution in [0.2, 0.25) is 6.32 Å². The molecule has 0 amide bonds. The van der Waals surface area contributed by atoms with E-state index in [0.29, 0.717) is 0 Å². The van der Waals surface area contributed by atoms with Crippen molar-refractivity contribution in [2.75, 3.05) is 0 Å². The summed E-state index contributed by atoms with van der Waals surface area (Å²) in [5.41, 5.74) is 1.69. The Morgan fingerprint density at radius 2 is 2.00 bits per heavy atom. The SMILES string of the molecule is [B]CC(C)PC(CC)CCC. The molecule has 0 N–H and O–H groups in total. The molecular formula is C9H20BP. The molecule has 0 bridgehead atoms. The third-order valence-corrected chi connectivity index (χ3v) is 3.98. The molecule has 0 fully saturated rings. The molecule has 3 atom stereocenters. The van der Waals surface area contributed by atoms with Crippen LogP contribution in [0.15, 0.2) is 0 Å². The van der Waals surface area contributed by atoms with Crippen LogP contribution in [0.25, 0.3) is 0 Å². The van der Waals surface area contributed by atoms with Crippen molar-refractivity contribution in [2.24, 2.45) is 0 Å². The Labute approximate surface area is 74.7 Å². The summed E-state index contributed by atoms with van der Waals surface area (Å²) in [6, 6.07) is 0. The number of hydrogen-bond acceptors (Lipinski definition) is 0. The lowest BCUT2D eigenvalue weighted by atomic mass is 10.0. The van der Waals surface area contributed by atoms with Crippen LogP contribution in [0.5, 0.6) is 0 Å². The molecule has 0 aromatic rings. The average molecular weight is 170 g/mol. The minimum Gasteiger partial charge on any atom is -0.117 e. The van der Waals surface area contributed by atoms with Gasteiger partial charge < -0.3 is 0 Å². The summed E-state index contributed by atoms with van der Waals surface area (Å²) in [7, 11) is 6.66. The fourth-order valence-corrected chi connectivity index (χ4v) is 2.86. The van der Waals surface area contributed by atoms with Crippen molar-refractivity contribution in [1.82, 2.24) is 0 Å². The van der Waals surface area contributed by atoms with E-state index in [2.05, 4.69) is 20.8 Å². The maximum atomic E-state index is 5.58. The Morgan fingerprint density at radius 1 is 1.36 bits per heavy atom. The van der Waals surface area contributed by atoms with Gasteiger partial charge in [-0.3, -0.25) is 0 Å². The van der Waals surface area contributed by atoms with Crippen molar-refractivity contribution < 1.29 is 0 Å². The van der Waals surface area contributed by atoms with Gasteiger partial charge in [-0.1, -0.05) is 33.5 Å². The van der Waals surface area contributed by atoms with Gasteiger partial charge in [-0.2, -0.15) is 0 Å². The van der Waals surface area contributed by atoms with Crippen LogP contribution >= 0.6 is 8.58 Å². The first-order valence-corrected chi connectivity index (χ1v) is 5.86. The number of hydrogen-bond donors (Lipinski definition) is 0. The van der Waals surface area contributed by atoms with E-state index < -0.39 is 0 Å². The van der Waals surface area contributed by atoms with Gasteiger partial charge in [-0.25, -0.2) is 0 Å². The lowest BCUT2D eigenvalue weighted by Crippen LogP contribution is -2.04. The van der Waals surface area contributed by atoms with Crippen LogP contribution in [0.1, 0.15) is 40.0 Å². The molecule has 0 rings (SSSR count). The van der Waals surface area contributed by atoms with Gasteiger partial charge in [0.2, 0.25) is 0 Å². The van der Waals surface area contributed by atoms with E-state index in [0.717, 1.165) is 26.2 Å². The first-order valence-electron chi connectivity index (χ1n) is 4.70. The molecule has 11 heavy (non-hydrogen) atoms.